The summed E-state index contributed by atoms with van der Waals surface area (Å²) in [4.78, 5) is 12.4. The van der Waals surface area contributed by atoms with Crippen molar-refractivity contribution >= 4 is 11.7 Å². The van der Waals surface area contributed by atoms with Gasteiger partial charge in [0, 0.05) is 12.0 Å². The van der Waals surface area contributed by atoms with E-state index in [4.69, 9.17) is 9.26 Å². The van der Waals surface area contributed by atoms with Crippen LogP contribution in [0.5, 0.6) is 5.75 Å². The lowest BCUT2D eigenvalue weighted by Crippen LogP contribution is -2.20. The van der Waals surface area contributed by atoms with Crippen molar-refractivity contribution in [3.63, 3.8) is 0 Å². The highest BCUT2D eigenvalue weighted by Gasteiger charge is 2.23. The zero-order chi connectivity index (χ0) is 15.5. The lowest BCUT2D eigenvalue weighted by atomic mass is 9.97. The number of benzene rings is 1. The third-order valence-corrected chi connectivity index (χ3v) is 4.20. The first-order chi connectivity index (χ1) is 10.7. The number of anilines is 1. The van der Waals surface area contributed by atoms with Gasteiger partial charge in [0.2, 0.25) is 5.91 Å². The molecule has 1 unspecified atom stereocenters. The summed E-state index contributed by atoms with van der Waals surface area (Å²) in [6.45, 7) is 1.88. The van der Waals surface area contributed by atoms with E-state index in [0.717, 1.165) is 48.3 Å². The summed E-state index contributed by atoms with van der Waals surface area (Å²) in [5.41, 5.74) is 2.00. The lowest BCUT2D eigenvalue weighted by Gasteiger charge is -2.13. The normalized spacial score (nSPS) is 15.0. The van der Waals surface area contributed by atoms with Crippen LogP contribution in [0.15, 0.2) is 28.8 Å². The highest BCUT2D eigenvalue weighted by atomic mass is 16.5. The standard InChI is InChI=1S/C17H20N2O3/c1-11(12-7-9-13(21-2)10-8-12)17(20)18-16-14-5-3-4-6-15(14)22-19-16/h7-11H,3-6H2,1-2H3,(H,18,19,20). The first kappa shape index (κ1) is 14.6. The summed E-state index contributed by atoms with van der Waals surface area (Å²) in [7, 11) is 1.62. The maximum absolute atomic E-state index is 12.4. The molecule has 5 heteroatoms. The zero-order valence-electron chi connectivity index (χ0n) is 12.9. The lowest BCUT2D eigenvalue weighted by molar-refractivity contribution is -0.117. The maximum atomic E-state index is 12.4. The van der Waals surface area contributed by atoms with E-state index in [1.165, 1.54) is 0 Å². The SMILES string of the molecule is COc1ccc(C(C)C(=O)Nc2noc3c2CCCC3)cc1. The number of fused-ring (bicyclic) bond motifs is 1. The van der Waals surface area contributed by atoms with Gasteiger partial charge in [-0.15, -0.1) is 0 Å². The molecule has 116 valence electrons. The first-order valence-electron chi connectivity index (χ1n) is 7.61. The van der Waals surface area contributed by atoms with Crippen LogP contribution in [0.25, 0.3) is 0 Å². The average molecular weight is 300 g/mol. The van der Waals surface area contributed by atoms with Crippen molar-refractivity contribution in [1.29, 1.82) is 0 Å². The monoisotopic (exact) mass is 300 g/mol. The third-order valence-electron chi connectivity index (χ3n) is 4.20. The van der Waals surface area contributed by atoms with Crippen molar-refractivity contribution in [3.8, 4) is 5.75 Å². The van der Waals surface area contributed by atoms with Crippen molar-refractivity contribution in [1.82, 2.24) is 5.16 Å². The zero-order valence-corrected chi connectivity index (χ0v) is 12.9. The molecule has 1 aliphatic carbocycles. The molecular formula is C17H20N2O3. The summed E-state index contributed by atoms with van der Waals surface area (Å²) < 4.78 is 10.5. The molecule has 1 N–H and O–H groups in total. The van der Waals surface area contributed by atoms with Crippen LogP contribution >= 0.6 is 0 Å². The molecule has 1 atom stereocenters. The van der Waals surface area contributed by atoms with Crippen LogP contribution in [0, 0.1) is 0 Å². The number of nitrogens with zero attached hydrogens (tertiary/aromatic N) is 1. The Morgan fingerprint density at radius 1 is 1.27 bits per heavy atom. The van der Waals surface area contributed by atoms with Gasteiger partial charge in [0.15, 0.2) is 5.82 Å². The number of nitrogens with one attached hydrogen (secondary N) is 1. The largest absolute Gasteiger partial charge is 0.497 e. The van der Waals surface area contributed by atoms with Crippen LogP contribution in [-0.2, 0) is 17.6 Å². The molecule has 0 saturated carbocycles. The Bertz CT molecular complexity index is 661. The molecule has 0 saturated heterocycles. The van der Waals surface area contributed by atoms with E-state index < -0.39 is 0 Å². The van der Waals surface area contributed by atoms with E-state index in [1.807, 2.05) is 31.2 Å². The molecule has 2 aromatic rings. The topological polar surface area (TPSA) is 64.4 Å². The highest BCUT2D eigenvalue weighted by Crippen LogP contribution is 2.28. The Kier molecular flexibility index (Phi) is 4.13. The second-order valence-electron chi connectivity index (χ2n) is 5.62. The van der Waals surface area contributed by atoms with Gasteiger partial charge < -0.3 is 14.6 Å². The van der Waals surface area contributed by atoms with Gasteiger partial charge in [0.25, 0.3) is 0 Å². The predicted octanol–water partition coefficient (Wildman–Crippen LogP) is 3.30. The Morgan fingerprint density at radius 3 is 2.73 bits per heavy atom. The van der Waals surface area contributed by atoms with Gasteiger partial charge in [0.05, 0.1) is 13.0 Å². The van der Waals surface area contributed by atoms with Gasteiger partial charge in [-0.25, -0.2) is 0 Å². The molecule has 22 heavy (non-hydrogen) atoms. The van der Waals surface area contributed by atoms with Gasteiger partial charge in [-0.3, -0.25) is 4.79 Å². The van der Waals surface area contributed by atoms with Gasteiger partial charge >= 0.3 is 0 Å². The van der Waals surface area contributed by atoms with E-state index in [9.17, 15) is 4.79 Å². The molecule has 1 aromatic carbocycles. The van der Waals surface area contributed by atoms with E-state index in [0.29, 0.717) is 5.82 Å². The second-order valence-corrected chi connectivity index (χ2v) is 5.62. The summed E-state index contributed by atoms with van der Waals surface area (Å²) in [6.07, 6.45) is 4.07. The number of carbonyl (C=O) groups excluding carboxylic acids is 1. The van der Waals surface area contributed by atoms with Gasteiger partial charge in [-0.2, -0.15) is 0 Å². The van der Waals surface area contributed by atoms with Crippen LogP contribution in [-0.4, -0.2) is 18.2 Å². The molecular weight excluding hydrogens is 280 g/mol. The van der Waals surface area contributed by atoms with Crippen molar-refractivity contribution in [2.45, 2.75) is 38.5 Å². The minimum absolute atomic E-state index is 0.0770. The van der Waals surface area contributed by atoms with Crippen LogP contribution < -0.4 is 10.1 Å². The van der Waals surface area contributed by atoms with E-state index in [-0.39, 0.29) is 11.8 Å². The molecule has 3 rings (SSSR count). The highest BCUT2D eigenvalue weighted by molar-refractivity contribution is 5.95. The van der Waals surface area contributed by atoms with Crippen molar-refractivity contribution in [2.75, 3.05) is 12.4 Å². The average Bonchev–Trinajstić information content (AvgIpc) is 2.97. The number of rotatable bonds is 4. The van der Waals surface area contributed by atoms with Crippen LogP contribution in [0.4, 0.5) is 5.82 Å². The molecule has 0 bridgehead atoms. The van der Waals surface area contributed by atoms with Crippen molar-refractivity contribution < 1.29 is 14.1 Å². The fraction of sp³-hybridized carbons (Fsp3) is 0.412. The minimum atomic E-state index is -0.262. The maximum Gasteiger partial charge on any atom is 0.232 e. The molecule has 1 aromatic heterocycles. The smallest absolute Gasteiger partial charge is 0.232 e. The van der Waals surface area contributed by atoms with E-state index >= 15 is 0 Å². The second kappa shape index (κ2) is 6.22. The number of aromatic nitrogens is 1. The number of methoxy groups -OCH3 is 1. The summed E-state index contributed by atoms with van der Waals surface area (Å²) >= 11 is 0. The number of amides is 1. The summed E-state index contributed by atoms with van der Waals surface area (Å²) in [5, 5.41) is 6.92. The Balaban J connectivity index is 1.72. The Morgan fingerprint density at radius 2 is 2.00 bits per heavy atom. The van der Waals surface area contributed by atoms with Crippen LogP contribution in [0.2, 0.25) is 0 Å². The van der Waals surface area contributed by atoms with Gasteiger partial charge in [-0.1, -0.05) is 17.3 Å². The fourth-order valence-corrected chi connectivity index (χ4v) is 2.75. The van der Waals surface area contributed by atoms with E-state index in [1.54, 1.807) is 7.11 Å². The molecule has 0 fully saturated rings. The number of hydrogen-bond acceptors (Lipinski definition) is 4. The molecule has 1 amide bonds. The minimum Gasteiger partial charge on any atom is -0.497 e. The number of aryl methyl sites for hydroxylation is 1. The van der Waals surface area contributed by atoms with E-state index in [2.05, 4.69) is 10.5 Å². The Labute approximate surface area is 129 Å². The van der Waals surface area contributed by atoms with Crippen LogP contribution in [0.3, 0.4) is 0 Å². The molecule has 0 radical (unpaired) electrons. The number of ether oxygens (including phenoxy) is 1. The molecule has 0 spiro atoms. The molecule has 0 aliphatic heterocycles. The van der Waals surface area contributed by atoms with Gasteiger partial charge in [0.1, 0.15) is 11.5 Å². The van der Waals surface area contributed by atoms with Crippen LogP contribution in [0.1, 0.15) is 42.6 Å². The molecule has 1 heterocycles. The summed E-state index contributed by atoms with van der Waals surface area (Å²) in [6, 6.07) is 7.52. The van der Waals surface area contributed by atoms with Crippen molar-refractivity contribution in [2.24, 2.45) is 0 Å². The summed E-state index contributed by atoms with van der Waals surface area (Å²) in [5.74, 6) is 1.94. The Hall–Kier alpha value is -2.30. The third kappa shape index (κ3) is 2.84. The molecule has 1 aliphatic rings. The fourth-order valence-electron chi connectivity index (χ4n) is 2.75. The number of hydrogen-bond donors (Lipinski definition) is 1. The predicted molar refractivity (Wildman–Crippen MR) is 83.2 cm³/mol. The molecule has 5 nitrogen and oxygen atoms in total. The first-order valence-corrected chi connectivity index (χ1v) is 7.61. The van der Waals surface area contributed by atoms with Crippen molar-refractivity contribution in [3.05, 3.63) is 41.2 Å². The quantitative estimate of drug-likeness (QED) is 0.941. The van der Waals surface area contributed by atoms with Gasteiger partial charge in [-0.05, 0) is 43.9 Å². The number of carbonyl (C=O) groups is 1.